The maximum atomic E-state index is 12.6. The Morgan fingerprint density at radius 1 is 1.06 bits per heavy atom. The maximum absolute atomic E-state index is 12.6. The highest BCUT2D eigenvalue weighted by atomic mass is 79.9. The first kappa shape index (κ1) is 22.7. The Balaban J connectivity index is 1.51. The molecule has 1 aliphatic carbocycles. The number of amides is 1. The molecule has 3 aromatic rings. The molecule has 7 nitrogen and oxygen atoms in total. The zero-order chi connectivity index (χ0) is 23.5. The number of phenolic OH excluding ortho intramolecular Hbond substituents is 1. The Labute approximate surface area is 199 Å². The van der Waals surface area contributed by atoms with Gasteiger partial charge in [-0.1, -0.05) is 48.5 Å². The van der Waals surface area contributed by atoms with E-state index in [1.54, 1.807) is 6.92 Å². The summed E-state index contributed by atoms with van der Waals surface area (Å²) < 4.78 is 11.1. The summed E-state index contributed by atoms with van der Waals surface area (Å²) in [6, 6.07) is 17.3. The second-order valence-corrected chi connectivity index (χ2v) is 8.38. The molecule has 1 atom stereocenters. The summed E-state index contributed by atoms with van der Waals surface area (Å²) in [4.78, 5) is 24.5. The van der Waals surface area contributed by atoms with E-state index < -0.39 is 18.1 Å². The van der Waals surface area contributed by atoms with Crippen molar-refractivity contribution in [1.82, 2.24) is 5.32 Å². The lowest BCUT2D eigenvalue weighted by Gasteiger charge is -2.19. The van der Waals surface area contributed by atoms with Gasteiger partial charge in [0.05, 0.1) is 11.1 Å². The molecule has 0 heterocycles. The topological polar surface area (TPSA) is 105 Å². The Morgan fingerprint density at radius 2 is 1.67 bits per heavy atom. The van der Waals surface area contributed by atoms with Crippen LogP contribution in [0.3, 0.4) is 0 Å². The van der Waals surface area contributed by atoms with Crippen LogP contribution >= 0.6 is 15.9 Å². The third-order valence-corrected chi connectivity index (χ3v) is 6.14. The monoisotopic (exact) mass is 511 g/mol. The Hall–Kier alpha value is -3.52. The maximum Gasteiger partial charge on any atom is 0.408 e. The number of phenols is 1. The molecule has 1 unspecified atom stereocenters. The van der Waals surface area contributed by atoms with Crippen molar-refractivity contribution in [3.63, 3.8) is 0 Å². The normalized spacial score (nSPS) is 13.0. The van der Waals surface area contributed by atoms with Crippen molar-refractivity contribution in [2.45, 2.75) is 18.9 Å². The van der Waals surface area contributed by atoms with E-state index in [-0.39, 0.29) is 40.7 Å². The highest BCUT2D eigenvalue weighted by Crippen LogP contribution is 2.44. The number of carboxylic acid groups (broad SMARTS) is 1. The molecule has 0 radical (unpaired) electrons. The number of benzene rings is 3. The number of fused-ring (bicyclic) bond motifs is 3. The minimum atomic E-state index is -1.39. The van der Waals surface area contributed by atoms with Gasteiger partial charge in [-0.3, -0.25) is 0 Å². The molecule has 0 saturated carbocycles. The lowest BCUT2D eigenvalue weighted by atomic mass is 9.98. The smallest absolute Gasteiger partial charge is 0.408 e. The number of nitrogens with one attached hydrogen (secondary N) is 1. The number of aromatic hydroxyl groups is 1. The van der Waals surface area contributed by atoms with Crippen molar-refractivity contribution in [2.75, 3.05) is 13.2 Å². The van der Waals surface area contributed by atoms with Crippen molar-refractivity contribution in [1.29, 1.82) is 0 Å². The second kappa shape index (κ2) is 9.54. The first-order valence-corrected chi connectivity index (χ1v) is 11.2. The summed E-state index contributed by atoms with van der Waals surface area (Å²) >= 11 is 3.19. The standard InChI is InChI=1S/C25H22BrNO6/c1-2-32-21-12-14(11-20(26)23(21)28)22(24(29)30)27-25(31)33-13-19-17-9-5-3-7-15(17)16-8-4-6-10-18(16)19/h3-12,19,22,28H,2,13H2,1H3,(H,27,31)(H,29,30). The van der Waals surface area contributed by atoms with Crippen LogP contribution in [-0.4, -0.2) is 35.5 Å². The van der Waals surface area contributed by atoms with Crippen molar-refractivity contribution in [2.24, 2.45) is 0 Å². The molecular weight excluding hydrogens is 490 g/mol. The molecule has 3 N–H and O–H groups in total. The Kier molecular flexibility index (Phi) is 6.55. The molecule has 170 valence electrons. The van der Waals surface area contributed by atoms with Gasteiger partial charge >= 0.3 is 12.1 Å². The van der Waals surface area contributed by atoms with Gasteiger partial charge in [-0.25, -0.2) is 9.59 Å². The van der Waals surface area contributed by atoms with Crippen LogP contribution in [-0.2, 0) is 9.53 Å². The van der Waals surface area contributed by atoms with Crippen molar-refractivity contribution in [3.05, 3.63) is 81.8 Å². The van der Waals surface area contributed by atoms with E-state index >= 15 is 0 Å². The largest absolute Gasteiger partial charge is 0.503 e. The summed E-state index contributed by atoms with van der Waals surface area (Å²) in [7, 11) is 0. The van der Waals surface area contributed by atoms with E-state index in [9.17, 15) is 19.8 Å². The summed E-state index contributed by atoms with van der Waals surface area (Å²) in [6.45, 7) is 2.08. The van der Waals surface area contributed by atoms with Gasteiger partial charge in [-0.05, 0) is 62.8 Å². The molecule has 33 heavy (non-hydrogen) atoms. The minimum absolute atomic E-state index is 0.0651. The summed E-state index contributed by atoms with van der Waals surface area (Å²) in [5.74, 6) is -1.45. The van der Waals surface area contributed by atoms with Crippen LogP contribution in [0.15, 0.2) is 65.1 Å². The van der Waals surface area contributed by atoms with Gasteiger partial charge in [0, 0.05) is 5.92 Å². The van der Waals surface area contributed by atoms with Crippen LogP contribution in [0.1, 0.15) is 35.6 Å². The van der Waals surface area contributed by atoms with Crippen LogP contribution in [0, 0.1) is 0 Å². The molecule has 8 heteroatoms. The fourth-order valence-electron chi connectivity index (χ4n) is 4.07. The van der Waals surface area contributed by atoms with Crippen LogP contribution in [0.2, 0.25) is 0 Å². The van der Waals surface area contributed by atoms with E-state index in [0.29, 0.717) is 0 Å². The molecule has 0 fully saturated rings. The number of alkyl carbamates (subject to hydrolysis) is 1. The van der Waals surface area contributed by atoms with Crippen molar-refractivity contribution >= 4 is 28.0 Å². The van der Waals surface area contributed by atoms with Gasteiger partial charge in [-0.2, -0.15) is 0 Å². The molecule has 4 rings (SSSR count). The number of carbonyl (C=O) groups excluding carboxylic acids is 1. The Morgan fingerprint density at radius 3 is 2.24 bits per heavy atom. The molecule has 0 aromatic heterocycles. The van der Waals surface area contributed by atoms with Crippen molar-refractivity contribution in [3.8, 4) is 22.6 Å². The molecule has 0 spiro atoms. The third kappa shape index (κ3) is 4.52. The van der Waals surface area contributed by atoms with Crippen LogP contribution < -0.4 is 10.1 Å². The number of carbonyl (C=O) groups is 2. The molecule has 1 aliphatic rings. The van der Waals surface area contributed by atoms with Gasteiger partial charge in [0.2, 0.25) is 0 Å². The fourth-order valence-corrected chi connectivity index (χ4v) is 4.53. The summed E-state index contributed by atoms with van der Waals surface area (Å²) in [5, 5.41) is 22.2. The van der Waals surface area contributed by atoms with Crippen LogP contribution in [0.5, 0.6) is 11.5 Å². The highest BCUT2D eigenvalue weighted by molar-refractivity contribution is 9.10. The number of aliphatic carboxylic acids is 1. The predicted octanol–water partition coefficient (Wildman–Crippen LogP) is 5.22. The lowest BCUT2D eigenvalue weighted by Crippen LogP contribution is -2.34. The zero-order valence-electron chi connectivity index (χ0n) is 17.7. The quantitative estimate of drug-likeness (QED) is 0.401. The SMILES string of the molecule is CCOc1cc(C(NC(=O)OCC2c3ccccc3-c3ccccc32)C(=O)O)cc(Br)c1O. The highest BCUT2D eigenvalue weighted by Gasteiger charge is 2.30. The lowest BCUT2D eigenvalue weighted by molar-refractivity contribution is -0.139. The van der Waals surface area contributed by atoms with Crippen LogP contribution in [0.25, 0.3) is 11.1 Å². The third-order valence-electron chi connectivity index (χ3n) is 5.54. The van der Waals surface area contributed by atoms with E-state index in [4.69, 9.17) is 9.47 Å². The average Bonchev–Trinajstić information content (AvgIpc) is 3.13. The van der Waals surface area contributed by atoms with Crippen LogP contribution in [0.4, 0.5) is 4.79 Å². The first-order chi connectivity index (χ1) is 15.9. The first-order valence-electron chi connectivity index (χ1n) is 10.4. The zero-order valence-corrected chi connectivity index (χ0v) is 19.3. The van der Waals surface area contributed by atoms with E-state index in [0.717, 1.165) is 22.3 Å². The number of rotatable bonds is 7. The van der Waals surface area contributed by atoms with Gasteiger partial charge in [0.25, 0.3) is 0 Å². The minimum Gasteiger partial charge on any atom is -0.503 e. The molecule has 3 aromatic carbocycles. The van der Waals surface area contributed by atoms with Gasteiger partial charge in [0.1, 0.15) is 6.61 Å². The van der Waals surface area contributed by atoms with E-state index in [1.807, 2.05) is 48.5 Å². The second-order valence-electron chi connectivity index (χ2n) is 7.52. The summed E-state index contributed by atoms with van der Waals surface area (Å²) in [5.41, 5.74) is 4.55. The number of carboxylic acids is 1. The Bertz CT molecular complexity index is 1170. The molecule has 0 aliphatic heterocycles. The van der Waals surface area contributed by atoms with E-state index in [1.165, 1.54) is 12.1 Å². The number of hydrogen-bond donors (Lipinski definition) is 3. The van der Waals surface area contributed by atoms with Gasteiger partial charge in [-0.15, -0.1) is 0 Å². The summed E-state index contributed by atoms with van der Waals surface area (Å²) in [6.07, 6.45) is -0.855. The average molecular weight is 512 g/mol. The van der Waals surface area contributed by atoms with Gasteiger partial charge < -0.3 is 25.0 Å². The fraction of sp³-hybridized carbons (Fsp3) is 0.200. The number of ether oxygens (including phenoxy) is 2. The van der Waals surface area contributed by atoms with Gasteiger partial charge in [0.15, 0.2) is 17.5 Å². The molecular formula is C25H22BrNO6. The molecule has 0 bridgehead atoms. The molecule has 0 saturated heterocycles. The molecule has 1 amide bonds. The van der Waals surface area contributed by atoms with E-state index in [2.05, 4.69) is 21.2 Å². The number of hydrogen-bond acceptors (Lipinski definition) is 5. The predicted molar refractivity (Wildman–Crippen MR) is 126 cm³/mol. The van der Waals surface area contributed by atoms with Crippen molar-refractivity contribution < 1.29 is 29.3 Å². The number of halogens is 1.